The van der Waals surface area contributed by atoms with E-state index in [-0.39, 0.29) is 30.0 Å². The molecule has 1 aromatic heterocycles. The molecule has 2 aromatic rings. The molecule has 0 bridgehead atoms. The molecule has 2 saturated heterocycles. The second-order valence-corrected chi connectivity index (χ2v) is 11.0. The van der Waals surface area contributed by atoms with E-state index >= 15 is 0 Å². The molecule has 1 amide bonds. The van der Waals surface area contributed by atoms with Crippen LogP contribution in [0.2, 0.25) is 0 Å². The summed E-state index contributed by atoms with van der Waals surface area (Å²) in [5.74, 6) is 0.171. The van der Waals surface area contributed by atoms with Crippen LogP contribution in [0.1, 0.15) is 23.2 Å². The zero-order valence-electron chi connectivity index (χ0n) is 18.8. The fourth-order valence-corrected chi connectivity index (χ4v) is 6.49. The number of piperazine rings is 1. The lowest BCUT2D eigenvalue weighted by molar-refractivity contribution is -0.117. The number of aromatic nitrogens is 1. The Morgan fingerprint density at radius 2 is 1.97 bits per heavy atom. The maximum atomic E-state index is 13.9. The van der Waals surface area contributed by atoms with Gasteiger partial charge in [-0.05, 0) is 44.0 Å². The van der Waals surface area contributed by atoms with Gasteiger partial charge in [0, 0.05) is 37.9 Å². The van der Waals surface area contributed by atoms with Crippen molar-refractivity contribution < 1.29 is 17.6 Å². The van der Waals surface area contributed by atoms with E-state index in [2.05, 4.69) is 16.3 Å². The van der Waals surface area contributed by atoms with Crippen LogP contribution in [0.25, 0.3) is 5.69 Å². The van der Waals surface area contributed by atoms with Gasteiger partial charge in [-0.2, -0.15) is 5.26 Å². The highest BCUT2D eigenvalue weighted by atomic mass is 32.2. The van der Waals surface area contributed by atoms with Crippen molar-refractivity contribution in [3.63, 3.8) is 0 Å². The molecule has 0 aliphatic carbocycles. The third-order valence-electron chi connectivity index (χ3n) is 6.65. The van der Waals surface area contributed by atoms with Crippen LogP contribution in [-0.4, -0.2) is 79.0 Å². The Morgan fingerprint density at radius 3 is 2.58 bits per heavy atom. The largest absolute Gasteiger partial charge is 0.310 e. The summed E-state index contributed by atoms with van der Waals surface area (Å²) in [7, 11) is -2.92. The summed E-state index contributed by atoms with van der Waals surface area (Å²) in [6, 6.07) is 8.27. The van der Waals surface area contributed by atoms with Crippen molar-refractivity contribution in [3.05, 3.63) is 46.9 Å². The van der Waals surface area contributed by atoms with Crippen molar-refractivity contribution in [2.45, 2.75) is 26.3 Å². The Kier molecular flexibility index (Phi) is 6.56. The molecular formula is C23H28FN5O3S. The second-order valence-electron chi connectivity index (χ2n) is 8.78. The van der Waals surface area contributed by atoms with Gasteiger partial charge in [0.25, 0.3) is 0 Å². The van der Waals surface area contributed by atoms with Crippen molar-refractivity contribution in [1.29, 1.82) is 5.26 Å². The van der Waals surface area contributed by atoms with Crippen molar-refractivity contribution in [3.8, 4) is 11.8 Å². The van der Waals surface area contributed by atoms with Crippen LogP contribution in [-0.2, 0) is 14.6 Å². The SMILES string of the molecule is Cc1c(C#N)c(NC(=O)CN2CCN([C@H]3CCS(=O)(=O)C3)CC2)n(-c2cccc(F)c2)c1C. The fraction of sp³-hybridized carbons (Fsp3) is 0.478. The van der Waals surface area contributed by atoms with E-state index in [1.165, 1.54) is 12.1 Å². The van der Waals surface area contributed by atoms with Gasteiger partial charge in [-0.3, -0.25) is 19.2 Å². The van der Waals surface area contributed by atoms with E-state index in [0.717, 1.165) is 24.3 Å². The maximum absolute atomic E-state index is 13.9. The van der Waals surface area contributed by atoms with Crippen molar-refractivity contribution in [1.82, 2.24) is 14.4 Å². The molecule has 1 aromatic carbocycles. The highest BCUT2D eigenvalue weighted by Gasteiger charge is 2.34. The molecule has 8 nitrogen and oxygen atoms in total. The van der Waals surface area contributed by atoms with Crippen LogP contribution < -0.4 is 5.32 Å². The molecule has 10 heteroatoms. The van der Waals surface area contributed by atoms with Crippen molar-refractivity contribution >= 4 is 21.6 Å². The number of halogens is 1. The maximum Gasteiger partial charge on any atom is 0.239 e. The molecule has 2 aliphatic rings. The predicted octanol–water partition coefficient (Wildman–Crippen LogP) is 1.85. The minimum Gasteiger partial charge on any atom is -0.310 e. The summed E-state index contributed by atoms with van der Waals surface area (Å²) >= 11 is 0. The molecule has 0 saturated carbocycles. The highest BCUT2D eigenvalue weighted by Crippen LogP contribution is 2.30. The summed E-state index contributed by atoms with van der Waals surface area (Å²) in [5.41, 5.74) is 2.38. The average molecular weight is 474 g/mol. The van der Waals surface area contributed by atoms with Gasteiger partial charge in [-0.1, -0.05) is 6.07 Å². The minimum absolute atomic E-state index is 0.0738. The molecule has 0 unspecified atom stereocenters. The van der Waals surface area contributed by atoms with Crippen LogP contribution in [0.3, 0.4) is 0 Å². The number of nitrogens with zero attached hydrogens (tertiary/aromatic N) is 4. The Morgan fingerprint density at radius 1 is 1.24 bits per heavy atom. The van der Waals surface area contributed by atoms with Crippen molar-refractivity contribution in [2.24, 2.45) is 0 Å². The fourth-order valence-electron chi connectivity index (χ4n) is 4.72. The van der Waals surface area contributed by atoms with Gasteiger partial charge < -0.3 is 5.32 Å². The smallest absolute Gasteiger partial charge is 0.239 e. The Bertz CT molecular complexity index is 1210. The summed E-state index contributed by atoms with van der Waals surface area (Å²) in [6.45, 7) is 6.56. The van der Waals surface area contributed by atoms with Gasteiger partial charge in [-0.25, -0.2) is 12.8 Å². The quantitative estimate of drug-likeness (QED) is 0.712. The first kappa shape index (κ1) is 23.4. The van der Waals surface area contributed by atoms with Gasteiger partial charge >= 0.3 is 0 Å². The van der Waals surface area contributed by atoms with E-state index < -0.39 is 15.7 Å². The molecule has 1 N–H and O–H groups in total. The predicted molar refractivity (Wildman–Crippen MR) is 124 cm³/mol. The Hall–Kier alpha value is -2.74. The molecule has 0 spiro atoms. The highest BCUT2D eigenvalue weighted by molar-refractivity contribution is 7.91. The average Bonchev–Trinajstić information content (AvgIpc) is 3.24. The number of anilines is 1. The lowest BCUT2D eigenvalue weighted by Gasteiger charge is -2.37. The van der Waals surface area contributed by atoms with Crippen molar-refractivity contribution in [2.75, 3.05) is 49.5 Å². The first-order chi connectivity index (χ1) is 15.7. The number of carbonyl (C=O) groups excluding carboxylic acids is 1. The number of nitrogens with one attached hydrogen (secondary N) is 1. The molecule has 2 fully saturated rings. The van der Waals surface area contributed by atoms with Gasteiger partial charge in [0.1, 0.15) is 17.7 Å². The number of rotatable bonds is 5. The number of hydrogen-bond donors (Lipinski definition) is 1. The Labute approximate surface area is 193 Å². The van der Waals surface area contributed by atoms with E-state index in [4.69, 9.17) is 0 Å². The van der Waals surface area contributed by atoms with Gasteiger partial charge in [-0.15, -0.1) is 0 Å². The standard InChI is InChI=1S/C23H28FN5O3S/c1-16-17(2)29(19-5-3-4-18(24)12-19)23(21(16)13-25)26-22(30)14-27-7-9-28(10-8-27)20-6-11-33(31,32)15-20/h3-5,12,20H,6-11,14-15H2,1-2H3,(H,26,30)/t20-/m0/s1. The lowest BCUT2D eigenvalue weighted by atomic mass is 10.2. The summed E-state index contributed by atoms with van der Waals surface area (Å²) in [4.78, 5) is 17.1. The number of sulfone groups is 1. The van der Waals surface area contributed by atoms with E-state index in [1.807, 2.05) is 18.7 Å². The summed E-state index contributed by atoms with van der Waals surface area (Å²) < 4.78 is 39.1. The molecule has 2 aliphatic heterocycles. The third-order valence-corrected chi connectivity index (χ3v) is 8.40. The topological polar surface area (TPSA) is 98.4 Å². The molecule has 33 heavy (non-hydrogen) atoms. The normalized spacial score (nSPS) is 21.1. The summed E-state index contributed by atoms with van der Waals surface area (Å²) in [6.07, 6.45) is 0.676. The van der Waals surface area contributed by atoms with Gasteiger partial charge in [0.05, 0.1) is 29.3 Å². The van der Waals surface area contributed by atoms with Crippen LogP contribution in [0.15, 0.2) is 24.3 Å². The monoisotopic (exact) mass is 473 g/mol. The zero-order chi connectivity index (χ0) is 23.8. The Balaban J connectivity index is 1.44. The molecule has 3 heterocycles. The summed E-state index contributed by atoms with van der Waals surface area (Å²) in [5, 5.41) is 12.6. The third kappa shape index (κ3) is 4.95. The molecule has 0 radical (unpaired) electrons. The van der Waals surface area contributed by atoms with E-state index in [1.54, 1.807) is 16.7 Å². The number of amides is 1. The molecule has 1 atom stereocenters. The van der Waals surface area contributed by atoms with Gasteiger partial charge in [0.15, 0.2) is 9.84 Å². The second kappa shape index (κ2) is 9.25. The number of benzene rings is 1. The van der Waals surface area contributed by atoms with Crippen LogP contribution in [0.4, 0.5) is 10.2 Å². The minimum atomic E-state index is -2.92. The van der Waals surface area contributed by atoms with Crippen LogP contribution in [0.5, 0.6) is 0 Å². The number of carbonyl (C=O) groups is 1. The first-order valence-corrected chi connectivity index (χ1v) is 12.9. The molecule has 4 rings (SSSR count). The number of nitriles is 1. The first-order valence-electron chi connectivity index (χ1n) is 11.0. The van der Waals surface area contributed by atoms with Crippen LogP contribution >= 0.6 is 0 Å². The van der Waals surface area contributed by atoms with E-state index in [0.29, 0.717) is 36.6 Å². The lowest BCUT2D eigenvalue weighted by Crippen LogP contribution is -2.52. The number of hydrogen-bond acceptors (Lipinski definition) is 6. The van der Waals surface area contributed by atoms with Crippen LogP contribution in [0, 0.1) is 31.0 Å². The van der Waals surface area contributed by atoms with E-state index in [9.17, 15) is 22.9 Å². The molecule has 176 valence electrons. The van der Waals surface area contributed by atoms with Gasteiger partial charge in [0.2, 0.25) is 5.91 Å². The zero-order valence-corrected chi connectivity index (χ0v) is 19.7. The molecular weight excluding hydrogens is 445 g/mol.